The normalized spacial score (nSPS) is 20.5. The van der Waals surface area contributed by atoms with Gasteiger partial charge in [0.25, 0.3) is 0 Å². The lowest BCUT2D eigenvalue weighted by atomic mass is 10.1. The molecule has 0 heterocycles. The molecule has 0 bridgehead atoms. The molecule has 0 saturated heterocycles. The number of rotatable bonds is 4. The van der Waals surface area contributed by atoms with E-state index in [1.807, 2.05) is 0 Å². The first-order valence-electron chi connectivity index (χ1n) is 5.80. The van der Waals surface area contributed by atoms with Crippen LogP contribution in [0, 0.1) is 0 Å². The van der Waals surface area contributed by atoms with Crippen molar-refractivity contribution in [1.29, 1.82) is 0 Å². The van der Waals surface area contributed by atoms with Crippen LogP contribution in [0.3, 0.4) is 0 Å². The van der Waals surface area contributed by atoms with Crippen molar-refractivity contribution in [2.45, 2.75) is 44.6 Å². The first-order valence-corrected chi connectivity index (χ1v) is 6.44. The van der Waals surface area contributed by atoms with Crippen molar-refractivity contribution >= 4 is 12.6 Å². The summed E-state index contributed by atoms with van der Waals surface area (Å²) in [5, 5.41) is 0. The summed E-state index contributed by atoms with van der Waals surface area (Å²) in [6, 6.07) is 0.821. The first-order chi connectivity index (χ1) is 6.84. The Hall–Kier alpha value is 0.0500. The molecule has 0 aliphatic heterocycles. The average Bonchev–Trinajstić information content (AvgIpc) is 2.46. The molecule has 2 heteroatoms. The van der Waals surface area contributed by atoms with Crippen molar-refractivity contribution < 1.29 is 0 Å². The van der Waals surface area contributed by atoms with E-state index >= 15 is 0 Å². The van der Waals surface area contributed by atoms with Gasteiger partial charge in [-0.1, -0.05) is 37.8 Å². The van der Waals surface area contributed by atoms with Crippen LogP contribution in [0.25, 0.3) is 0 Å². The fourth-order valence-electron chi connectivity index (χ4n) is 2.16. The lowest BCUT2D eigenvalue weighted by molar-refractivity contribution is 0.243. The Morgan fingerprint density at radius 1 is 1.14 bits per heavy atom. The lowest BCUT2D eigenvalue weighted by Crippen LogP contribution is -2.31. The van der Waals surface area contributed by atoms with E-state index in [4.69, 9.17) is 0 Å². The van der Waals surface area contributed by atoms with Gasteiger partial charge in [0.15, 0.2) is 0 Å². The Bertz CT molecular complexity index is 160. The third kappa shape index (κ3) is 4.52. The standard InChI is InChI=1S/C12H23NS/c1-13(10-6-7-11-14)12-8-4-2-3-5-9-12/h6-7,12,14H,2-5,8-11H2,1H3. The predicted molar refractivity (Wildman–Crippen MR) is 67.1 cm³/mol. The second kappa shape index (κ2) is 7.36. The third-order valence-electron chi connectivity index (χ3n) is 3.11. The second-order valence-corrected chi connectivity index (χ2v) is 4.60. The Morgan fingerprint density at radius 3 is 2.36 bits per heavy atom. The molecule has 14 heavy (non-hydrogen) atoms. The highest BCUT2D eigenvalue weighted by atomic mass is 32.1. The molecule has 0 aromatic carbocycles. The van der Waals surface area contributed by atoms with E-state index in [1.165, 1.54) is 38.5 Å². The molecule has 0 N–H and O–H groups in total. The van der Waals surface area contributed by atoms with Crippen LogP contribution in [0.15, 0.2) is 12.2 Å². The molecule has 0 unspecified atom stereocenters. The molecular formula is C12H23NS. The van der Waals surface area contributed by atoms with E-state index in [2.05, 4.69) is 36.7 Å². The van der Waals surface area contributed by atoms with Crippen molar-refractivity contribution in [1.82, 2.24) is 4.90 Å². The fourth-order valence-corrected chi connectivity index (χ4v) is 2.31. The summed E-state index contributed by atoms with van der Waals surface area (Å²) in [7, 11) is 2.25. The van der Waals surface area contributed by atoms with E-state index in [1.54, 1.807) is 0 Å². The summed E-state index contributed by atoms with van der Waals surface area (Å²) >= 11 is 4.16. The summed E-state index contributed by atoms with van der Waals surface area (Å²) < 4.78 is 0. The highest BCUT2D eigenvalue weighted by molar-refractivity contribution is 7.80. The van der Waals surface area contributed by atoms with Crippen LogP contribution in [0.2, 0.25) is 0 Å². The van der Waals surface area contributed by atoms with Crippen molar-refractivity contribution in [3.05, 3.63) is 12.2 Å². The Kier molecular flexibility index (Phi) is 6.37. The number of hydrogen-bond acceptors (Lipinski definition) is 2. The Morgan fingerprint density at radius 2 is 1.79 bits per heavy atom. The quantitative estimate of drug-likeness (QED) is 0.426. The van der Waals surface area contributed by atoms with Gasteiger partial charge in [-0.15, -0.1) is 0 Å². The molecule has 1 saturated carbocycles. The van der Waals surface area contributed by atoms with Gasteiger partial charge in [0.05, 0.1) is 0 Å². The maximum Gasteiger partial charge on any atom is 0.0163 e. The van der Waals surface area contributed by atoms with Crippen LogP contribution in [-0.4, -0.2) is 30.3 Å². The summed E-state index contributed by atoms with van der Waals surface area (Å²) in [5.41, 5.74) is 0. The molecule has 0 spiro atoms. The summed E-state index contributed by atoms with van der Waals surface area (Å²) in [5.74, 6) is 0.860. The van der Waals surface area contributed by atoms with Gasteiger partial charge in [-0.2, -0.15) is 12.6 Å². The zero-order valence-electron chi connectivity index (χ0n) is 9.28. The molecule has 1 aliphatic carbocycles. The molecule has 0 aromatic rings. The monoisotopic (exact) mass is 213 g/mol. The molecule has 0 aromatic heterocycles. The van der Waals surface area contributed by atoms with E-state index in [-0.39, 0.29) is 0 Å². The number of nitrogens with zero attached hydrogens (tertiary/aromatic N) is 1. The van der Waals surface area contributed by atoms with E-state index in [0.717, 1.165) is 18.3 Å². The Labute approximate surface area is 94.0 Å². The predicted octanol–water partition coefficient (Wildman–Crippen LogP) is 3.13. The largest absolute Gasteiger partial charge is 0.300 e. The summed E-state index contributed by atoms with van der Waals surface area (Å²) in [6.45, 7) is 1.09. The van der Waals surface area contributed by atoms with E-state index < -0.39 is 0 Å². The average molecular weight is 213 g/mol. The van der Waals surface area contributed by atoms with Crippen molar-refractivity contribution in [3.63, 3.8) is 0 Å². The summed E-state index contributed by atoms with van der Waals surface area (Å²) in [6.07, 6.45) is 12.9. The number of likely N-dealkylation sites (N-methyl/N-ethyl adjacent to an activating group) is 1. The van der Waals surface area contributed by atoms with Crippen LogP contribution in [-0.2, 0) is 0 Å². The molecular weight excluding hydrogens is 190 g/mol. The highest BCUT2D eigenvalue weighted by Gasteiger charge is 2.15. The topological polar surface area (TPSA) is 3.24 Å². The molecule has 1 rings (SSSR count). The lowest BCUT2D eigenvalue weighted by Gasteiger charge is -2.25. The van der Waals surface area contributed by atoms with E-state index in [0.29, 0.717) is 0 Å². The van der Waals surface area contributed by atoms with Gasteiger partial charge >= 0.3 is 0 Å². The molecule has 0 atom stereocenters. The van der Waals surface area contributed by atoms with Crippen molar-refractivity contribution in [3.8, 4) is 0 Å². The van der Waals surface area contributed by atoms with Crippen LogP contribution in [0.5, 0.6) is 0 Å². The minimum Gasteiger partial charge on any atom is -0.300 e. The maximum atomic E-state index is 4.16. The first kappa shape index (κ1) is 12.1. The smallest absolute Gasteiger partial charge is 0.0163 e. The van der Waals surface area contributed by atoms with Crippen molar-refractivity contribution in [2.24, 2.45) is 0 Å². The van der Waals surface area contributed by atoms with Gasteiger partial charge in [-0.3, -0.25) is 4.90 Å². The van der Waals surface area contributed by atoms with Gasteiger partial charge in [0.1, 0.15) is 0 Å². The maximum absolute atomic E-state index is 4.16. The van der Waals surface area contributed by atoms with Crippen LogP contribution < -0.4 is 0 Å². The van der Waals surface area contributed by atoms with Crippen LogP contribution in [0.4, 0.5) is 0 Å². The van der Waals surface area contributed by atoms with Gasteiger partial charge in [-0.25, -0.2) is 0 Å². The van der Waals surface area contributed by atoms with Gasteiger partial charge in [0.2, 0.25) is 0 Å². The molecule has 1 fully saturated rings. The van der Waals surface area contributed by atoms with Crippen LogP contribution in [0.1, 0.15) is 38.5 Å². The Balaban J connectivity index is 2.26. The minimum atomic E-state index is 0.821. The molecule has 0 amide bonds. The zero-order valence-corrected chi connectivity index (χ0v) is 10.2. The van der Waals surface area contributed by atoms with Gasteiger partial charge in [-0.05, 0) is 19.9 Å². The van der Waals surface area contributed by atoms with Gasteiger partial charge < -0.3 is 0 Å². The second-order valence-electron chi connectivity index (χ2n) is 4.24. The molecule has 1 nitrogen and oxygen atoms in total. The molecule has 82 valence electrons. The third-order valence-corrected chi connectivity index (χ3v) is 3.32. The fraction of sp³-hybridized carbons (Fsp3) is 0.833. The summed E-state index contributed by atoms with van der Waals surface area (Å²) in [4.78, 5) is 2.49. The van der Waals surface area contributed by atoms with Crippen LogP contribution >= 0.6 is 12.6 Å². The highest BCUT2D eigenvalue weighted by Crippen LogP contribution is 2.20. The van der Waals surface area contributed by atoms with E-state index in [9.17, 15) is 0 Å². The molecule has 0 radical (unpaired) electrons. The zero-order chi connectivity index (χ0) is 10.2. The number of thiol groups is 1. The van der Waals surface area contributed by atoms with Crippen molar-refractivity contribution in [2.75, 3.05) is 19.3 Å². The minimum absolute atomic E-state index is 0.821. The van der Waals surface area contributed by atoms with Gasteiger partial charge in [0, 0.05) is 18.3 Å². The SMILES string of the molecule is CN(CC=CCS)C1CCCCCC1. The number of hydrogen-bond donors (Lipinski definition) is 1. The molecule has 1 aliphatic rings.